The van der Waals surface area contributed by atoms with Crippen LogP contribution in [0, 0.1) is 5.82 Å². The van der Waals surface area contributed by atoms with Crippen LogP contribution < -0.4 is 10.2 Å². The van der Waals surface area contributed by atoms with Gasteiger partial charge < -0.3 is 14.0 Å². The summed E-state index contributed by atoms with van der Waals surface area (Å²) in [6.45, 7) is 8.14. The summed E-state index contributed by atoms with van der Waals surface area (Å²) in [5, 5.41) is 0. The third kappa shape index (κ3) is 3.61. The molecule has 2 aromatic carbocycles. The van der Waals surface area contributed by atoms with Gasteiger partial charge >= 0.3 is 7.12 Å². The van der Waals surface area contributed by atoms with Crippen LogP contribution in [0.25, 0.3) is 0 Å². The van der Waals surface area contributed by atoms with Gasteiger partial charge in [-0.15, -0.1) is 0 Å². The van der Waals surface area contributed by atoms with Crippen molar-refractivity contribution in [2.24, 2.45) is 0 Å². The van der Waals surface area contributed by atoms with Crippen molar-refractivity contribution in [3.05, 3.63) is 58.3 Å². The van der Waals surface area contributed by atoms with Crippen LogP contribution in [0.4, 0.5) is 4.39 Å². The molecule has 1 fully saturated rings. The summed E-state index contributed by atoms with van der Waals surface area (Å²) in [5.74, 6) is 0.0192. The van der Waals surface area contributed by atoms with E-state index in [0.29, 0.717) is 17.8 Å². The highest BCUT2D eigenvalue weighted by Gasteiger charge is 2.52. The number of benzene rings is 2. The third-order valence-corrected chi connectivity index (χ3v) is 5.56. The second kappa shape index (κ2) is 6.74. The summed E-state index contributed by atoms with van der Waals surface area (Å²) < 4.78 is 32.7. The molecule has 1 aliphatic heterocycles. The topological polar surface area (TPSA) is 27.7 Å². The third-order valence-electron chi connectivity index (χ3n) is 4.82. The molecule has 1 heterocycles. The van der Waals surface area contributed by atoms with E-state index in [1.54, 1.807) is 12.1 Å². The van der Waals surface area contributed by atoms with Gasteiger partial charge in [-0.3, -0.25) is 0 Å². The highest BCUT2D eigenvalue weighted by atomic mass is 79.9. The molecule has 3 nitrogen and oxygen atoms in total. The Morgan fingerprint density at radius 2 is 1.60 bits per heavy atom. The fraction of sp³-hybridized carbons (Fsp3) is 0.368. The molecular formula is C19H21BBrFO3. The largest absolute Gasteiger partial charge is 0.497 e. The highest BCUT2D eigenvalue weighted by Crippen LogP contribution is 2.37. The van der Waals surface area contributed by atoms with Gasteiger partial charge in [0.25, 0.3) is 0 Å². The minimum atomic E-state index is -0.746. The number of ether oxygens (including phenoxy) is 1. The average Bonchev–Trinajstić information content (AvgIpc) is 2.77. The van der Waals surface area contributed by atoms with Gasteiger partial charge in [0.2, 0.25) is 0 Å². The molecule has 25 heavy (non-hydrogen) atoms. The molecule has 1 aliphatic rings. The summed E-state index contributed by atoms with van der Waals surface area (Å²) in [6, 6.07) is 13.1. The lowest BCUT2D eigenvalue weighted by atomic mass is 9.78. The van der Waals surface area contributed by atoms with Crippen molar-refractivity contribution < 1.29 is 18.4 Å². The van der Waals surface area contributed by atoms with Crippen molar-refractivity contribution in [2.75, 3.05) is 0 Å². The molecule has 0 amide bonds. The Labute approximate surface area is 156 Å². The second-order valence-corrected chi connectivity index (χ2v) is 7.94. The molecule has 0 unspecified atom stereocenters. The van der Waals surface area contributed by atoms with Crippen molar-refractivity contribution in [3.63, 3.8) is 0 Å². The minimum Gasteiger partial charge on any atom is -0.488 e. The van der Waals surface area contributed by atoms with E-state index in [1.165, 1.54) is 0 Å². The standard InChI is InChI=1S/C19H21BBrFO3/c1-18(2)19(3,4)25-20(24-18)14-10-11-15(16(21)17(14)22)23-12-13-8-6-5-7-9-13/h5-11H,12H2,1-4H3. The van der Waals surface area contributed by atoms with E-state index in [4.69, 9.17) is 14.0 Å². The first-order valence-electron chi connectivity index (χ1n) is 8.21. The monoisotopic (exact) mass is 406 g/mol. The first-order chi connectivity index (χ1) is 11.7. The Bertz CT molecular complexity index is 749. The normalized spacial score (nSPS) is 18.4. The Morgan fingerprint density at radius 1 is 1.00 bits per heavy atom. The summed E-state index contributed by atoms with van der Waals surface area (Å²) in [5.41, 5.74) is 0.348. The molecule has 0 saturated carbocycles. The van der Waals surface area contributed by atoms with E-state index in [2.05, 4.69) is 15.9 Å². The SMILES string of the molecule is CC1(C)OB(c2ccc(OCc3ccccc3)c(Br)c2F)OC1(C)C. The second-order valence-electron chi connectivity index (χ2n) is 7.14. The first kappa shape index (κ1) is 18.4. The molecule has 6 heteroatoms. The van der Waals surface area contributed by atoms with E-state index in [-0.39, 0.29) is 4.47 Å². The van der Waals surface area contributed by atoms with Crippen LogP contribution in [-0.4, -0.2) is 18.3 Å². The number of halogens is 2. The average molecular weight is 407 g/mol. The van der Waals surface area contributed by atoms with Gasteiger partial charge in [0, 0.05) is 5.46 Å². The maximum Gasteiger partial charge on any atom is 0.497 e. The number of hydrogen-bond acceptors (Lipinski definition) is 3. The van der Waals surface area contributed by atoms with Gasteiger partial charge in [-0.2, -0.15) is 0 Å². The van der Waals surface area contributed by atoms with Gasteiger partial charge in [0.05, 0.1) is 15.7 Å². The van der Waals surface area contributed by atoms with Gasteiger partial charge in [0.1, 0.15) is 18.2 Å². The Balaban J connectivity index is 1.79. The van der Waals surface area contributed by atoms with E-state index in [9.17, 15) is 4.39 Å². The zero-order valence-corrected chi connectivity index (χ0v) is 16.4. The smallest absolute Gasteiger partial charge is 0.488 e. The Kier molecular flexibility index (Phi) is 4.97. The number of hydrogen-bond donors (Lipinski definition) is 0. The van der Waals surface area contributed by atoms with Crippen molar-refractivity contribution in [1.29, 1.82) is 0 Å². The van der Waals surface area contributed by atoms with Gasteiger partial charge in [-0.05, 0) is 55.3 Å². The van der Waals surface area contributed by atoms with Crippen molar-refractivity contribution in [2.45, 2.75) is 45.5 Å². The van der Waals surface area contributed by atoms with E-state index >= 15 is 0 Å². The van der Waals surface area contributed by atoms with Crippen molar-refractivity contribution in [1.82, 2.24) is 0 Å². The lowest BCUT2D eigenvalue weighted by molar-refractivity contribution is 0.00578. The van der Waals surface area contributed by atoms with Gasteiger partial charge in [0.15, 0.2) is 0 Å². The predicted octanol–water partition coefficient (Wildman–Crippen LogP) is 4.47. The van der Waals surface area contributed by atoms with Crippen LogP contribution in [0.2, 0.25) is 0 Å². The van der Waals surface area contributed by atoms with Crippen LogP contribution >= 0.6 is 15.9 Å². The molecule has 1 saturated heterocycles. The molecule has 0 spiro atoms. The highest BCUT2D eigenvalue weighted by molar-refractivity contribution is 9.10. The molecule has 0 atom stereocenters. The van der Waals surface area contributed by atoms with E-state index in [0.717, 1.165) is 5.56 Å². The maximum absolute atomic E-state index is 14.9. The molecule has 0 radical (unpaired) electrons. The number of rotatable bonds is 4. The molecule has 0 aromatic heterocycles. The van der Waals surface area contributed by atoms with Gasteiger partial charge in [-0.1, -0.05) is 36.4 Å². The summed E-state index contributed by atoms with van der Waals surface area (Å²) in [7, 11) is -0.746. The predicted molar refractivity (Wildman–Crippen MR) is 101 cm³/mol. The van der Waals surface area contributed by atoms with E-state index in [1.807, 2.05) is 58.0 Å². The zero-order valence-electron chi connectivity index (χ0n) is 14.8. The summed E-state index contributed by atoms with van der Waals surface area (Å²) in [6.07, 6.45) is 0. The van der Waals surface area contributed by atoms with Crippen LogP contribution in [0.1, 0.15) is 33.3 Å². The molecule has 132 valence electrons. The summed E-state index contributed by atoms with van der Waals surface area (Å²) in [4.78, 5) is 0. The van der Waals surface area contributed by atoms with Crippen molar-refractivity contribution >= 4 is 28.5 Å². The van der Waals surface area contributed by atoms with E-state index < -0.39 is 24.1 Å². The quantitative estimate of drug-likeness (QED) is 0.701. The van der Waals surface area contributed by atoms with Crippen LogP contribution in [-0.2, 0) is 15.9 Å². The molecule has 0 aliphatic carbocycles. The Hall–Kier alpha value is -1.37. The van der Waals surface area contributed by atoms with Gasteiger partial charge in [-0.25, -0.2) is 4.39 Å². The van der Waals surface area contributed by atoms with Crippen LogP contribution in [0.15, 0.2) is 46.9 Å². The van der Waals surface area contributed by atoms with Crippen LogP contribution in [0.5, 0.6) is 5.75 Å². The molecule has 2 aromatic rings. The maximum atomic E-state index is 14.9. The fourth-order valence-corrected chi connectivity index (χ4v) is 3.02. The lowest BCUT2D eigenvalue weighted by Crippen LogP contribution is -2.41. The van der Waals surface area contributed by atoms with Crippen LogP contribution in [0.3, 0.4) is 0 Å². The zero-order chi connectivity index (χ0) is 18.2. The minimum absolute atomic E-state index is 0.274. The lowest BCUT2D eigenvalue weighted by Gasteiger charge is -2.32. The molecule has 3 rings (SSSR count). The Morgan fingerprint density at radius 3 is 2.20 bits per heavy atom. The molecule has 0 bridgehead atoms. The molecule has 0 N–H and O–H groups in total. The van der Waals surface area contributed by atoms with Crippen molar-refractivity contribution in [3.8, 4) is 5.75 Å². The fourth-order valence-electron chi connectivity index (χ4n) is 2.55. The first-order valence-corrected chi connectivity index (χ1v) is 9.01. The summed E-state index contributed by atoms with van der Waals surface area (Å²) >= 11 is 3.30. The molecular weight excluding hydrogens is 386 g/mol.